The Morgan fingerprint density at radius 1 is 1.09 bits per heavy atom. The number of hydrogen-bond donors (Lipinski definition) is 0. The van der Waals surface area contributed by atoms with Crippen LogP contribution in [0.1, 0.15) is 24.0 Å². The molecule has 2 aromatic rings. The van der Waals surface area contributed by atoms with E-state index in [0.29, 0.717) is 11.5 Å². The highest BCUT2D eigenvalue weighted by Crippen LogP contribution is 2.41. The molecule has 0 radical (unpaired) electrons. The zero-order valence-electron chi connectivity index (χ0n) is 19.8. The van der Waals surface area contributed by atoms with Crippen LogP contribution in [0.2, 0.25) is 0 Å². The molecule has 1 aliphatic rings. The Bertz CT molecular complexity index is 1080. The van der Waals surface area contributed by atoms with Crippen LogP contribution in [0.15, 0.2) is 42.5 Å². The Morgan fingerprint density at radius 3 is 2.44 bits per heavy atom. The van der Waals surface area contributed by atoms with E-state index in [9.17, 15) is 18.8 Å². The Morgan fingerprint density at radius 2 is 1.79 bits per heavy atom. The zero-order chi connectivity index (χ0) is 24.9. The van der Waals surface area contributed by atoms with Gasteiger partial charge in [-0.2, -0.15) is 0 Å². The summed E-state index contributed by atoms with van der Waals surface area (Å²) >= 11 is 0. The van der Waals surface area contributed by atoms with Crippen molar-refractivity contribution in [2.75, 3.05) is 41.5 Å². The van der Waals surface area contributed by atoms with E-state index in [4.69, 9.17) is 14.2 Å². The number of methoxy groups -OCH3 is 3. The summed E-state index contributed by atoms with van der Waals surface area (Å²) in [7, 11) is 6.11. The van der Waals surface area contributed by atoms with Gasteiger partial charge in [0.15, 0.2) is 11.5 Å². The lowest BCUT2D eigenvalue weighted by molar-refractivity contribution is -0.143. The van der Waals surface area contributed by atoms with Gasteiger partial charge in [-0.05, 0) is 23.8 Å². The SMILES string of the molecule is COCCN1C(=O)CC(CC(=O)N(C)Cc2ccc(OC)c(OC)c2)(c2ccccc2F)C1=O. The number of rotatable bonds is 10. The van der Waals surface area contributed by atoms with Gasteiger partial charge in [0.05, 0.1) is 32.8 Å². The molecule has 0 aromatic heterocycles. The molecule has 1 saturated heterocycles. The molecule has 3 amide bonds. The molecule has 2 aromatic carbocycles. The minimum absolute atomic E-state index is 0.0417. The van der Waals surface area contributed by atoms with Crippen molar-refractivity contribution in [1.82, 2.24) is 9.80 Å². The van der Waals surface area contributed by atoms with Gasteiger partial charge < -0.3 is 19.1 Å². The fraction of sp³-hybridized carbons (Fsp3) is 0.400. The average Bonchev–Trinajstić information content (AvgIpc) is 3.06. The van der Waals surface area contributed by atoms with Crippen LogP contribution in [0.3, 0.4) is 0 Å². The molecule has 1 aliphatic heterocycles. The van der Waals surface area contributed by atoms with Crippen molar-refractivity contribution in [3.05, 3.63) is 59.4 Å². The number of carbonyl (C=O) groups is 3. The van der Waals surface area contributed by atoms with Crippen LogP contribution in [-0.2, 0) is 31.1 Å². The van der Waals surface area contributed by atoms with Crippen LogP contribution >= 0.6 is 0 Å². The first-order valence-corrected chi connectivity index (χ1v) is 10.8. The number of halogens is 1. The van der Waals surface area contributed by atoms with E-state index in [1.807, 2.05) is 0 Å². The number of hydrogen-bond acceptors (Lipinski definition) is 6. The van der Waals surface area contributed by atoms with E-state index in [1.165, 1.54) is 44.4 Å². The Kier molecular flexibility index (Phi) is 7.88. The third kappa shape index (κ3) is 4.89. The van der Waals surface area contributed by atoms with Gasteiger partial charge in [0.1, 0.15) is 5.82 Å². The molecular weight excluding hydrogens is 443 g/mol. The van der Waals surface area contributed by atoms with Gasteiger partial charge in [-0.25, -0.2) is 4.39 Å². The summed E-state index contributed by atoms with van der Waals surface area (Å²) in [6.45, 7) is 0.417. The van der Waals surface area contributed by atoms with Crippen LogP contribution in [0.5, 0.6) is 11.5 Å². The lowest BCUT2D eigenvalue weighted by Gasteiger charge is -2.29. The highest BCUT2D eigenvalue weighted by Gasteiger charge is 2.54. The topological polar surface area (TPSA) is 85.4 Å². The molecule has 1 fully saturated rings. The zero-order valence-corrected chi connectivity index (χ0v) is 19.8. The summed E-state index contributed by atoms with van der Waals surface area (Å²) in [6, 6.07) is 11.1. The van der Waals surface area contributed by atoms with Crippen molar-refractivity contribution in [2.45, 2.75) is 24.8 Å². The standard InChI is InChI=1S/C25H29FN2O6/c1-27(16-17-9-10-20(33-3)21(13-17)34-4)22(29)14-25(18-7-5-6-8-19(18)26)15-23(30)28(24(25)31)11-12-32-2/h5-10,13H,11-12,14-16H2,1-4H3. The van der Waals surface area contributed by atoms with E-state index in [-0.39, 0.29) is 38.1 Å². The summed E-state index contributed by atoms with van der Waals surface area (Å²) in [6.07, 6.45) is -0.627. The van der Waals surface area contributed by atoms with Crippen LogP contribution in [0, 0.1) is 5.82 Å². The minimum atomic E-state index is -1.61. The smallest absolute Gasteiger partial charge is 0.241 e. The number of amides is 3. The maximum Gasteiger partial charge on any atom is 0.241 e. The van der Waals surface area contributed by atoms with Crippen molar-refractivity contribution < 1.29 is 33.0 Å². The normalized spacial score (nSPS) is 17.7. The van der Waals surface area contributed by atoms with Crippen molar-refractivity contribution in [1.29, 1.82) is 0 Å². The van der Waals surface area contributed by atoms with Gasteiger partial charge in [-0.3, -0.25) is 19.3 Å². The number of imide groups is 1. The van der Waals surface area contributed by atoms with Crippen molar-refractivity contribution in [2.24, 2.45) is 0 Å². The summed E-state index contributed by atoms with van der Waals surface area (Å²) in [5.74, 6) is -0.993. The second-order valence-corrected chi connectivity index (χ2v) is 8.20. The van der Waals surface area contributed by atoms with Gasteiger partial charge in [-0.15, -0.1) is 0 Å². The van der Waals surface area contributed by atoms with Crippen molar-refractivity contribution in [3.8, 4) is 11.5 Å². The molecule has 1 atom stereocenters. The van der Waals surface area contributed by atoms with E-state index in [1.54, 1.807) is 31.3 Å². The molecule has 0 saturated carbocycles. The largest absolute Gasteiger partial charge is 0.493 e. The summed E-state index contributed by atoms with van der Waals surface area (Å²) in [5, 5.41) is 0. The molecule has 1 heterocycles. The second-order valence-electron chi connectivity index (χ2n) is 8.20. The Hall–Kier alpha value is -3.46. The molecule has 0 aliphatic carbocycles. The van der Waals surface area contributed by atoms with Crippen LogP contribution in [0.25, 0.3) is 0 Å². The van der Waals surface area contributed by atoms with Gasteiger partial charge >= 0.3 is 0 Å². The maximum atomic E-state index is 14.9. The highest BCUT2D eigenvalue weighted by atomic mass is 19.1. The van der Waals surface area contributed by atoms with Gasteiger partial charge in [-0.1, -0.05) is 24.3 Å². The Labute approximate surface area is 198 Å². The molecule has 0 spiro atoms. The number of nitrogens with zero attached hydrogens (tertiary/aromatic N) is 2. The first-order chi connectivity index (χ1) is 16.3. The van der Waals surface area contributed by atoms with Crippen molar-refractivity contribution in [3.63, 3.8) is 0 Å². The molecule has 8 nitrogen and oxygen atoms in total. The molecule has 0 bridgehead atoms. The maximum absolute atomic E-state index is 14.9. The molecule has 0 N–H and O–H groups in total. The first-order valence-electron chi connectivity index (χ1n) is 10.8. The van der Waals surface area contributed by atoms with E-state index < -0.39 is 29.0 Å². The molecule has 1 unspecified atom stereocenters. The summed E-state index contributed by atoms with van der Waals surface area (Å²) < 4.78 is 30.4. The van der Waals surface area contributed by atoms with E-state index in [2.05, 4.69) is 0 Å². The summed E-state index contributed by atoms with van der Waals surface area (Å²) in [4.78, 5) is 42.0. The summed E-state index contributed by atoms with van der Waals surface area (Å²) in [5.41, 5.74) is -0.788. The number of likely N-dealkylation sites (tertiary alicyclic amines) is 1. The van der Waals surface area contributed by atoms with Crippen LogP contribution < -0.4 is 9.47 Å². The van der Waals surface area contributed by atoms with Gasteiger partial charge in [0, 0.05) is 39.1 Å². The predicted molar refractivity (Wildman–Crippen MR) is 122 cm³/mol. The molecule has 9 heteroatoms. The number of ether oxygens (including phenoxy) is 3. The third-order valence-electron chi connectivity index (χ3n) is 6.06. The average molecular weight is 473 g/mol. The molecule has 182 valence electrons. The van der Waals surface area contributed by atoms with E-state index >= 15 is 0 Å². The highest BCUT2D eigenvalue weighted by molar-refractivity contribution is 6.10. The molecule has 34 heavy (non-hydrogen) atoms. The van der Waals surface area contributed by atoms with Crippen LogP contribution in [0.4, 0.5) is 4.39 Å². The lowest BCUT2D eigenvalue weighted by Crippen LogP contribution is -2.43. The fourth-order valence-electron chi connectivity index (χ4n) is 4.24. The fourth-order valence-corrected chi connectivity index (χ4v) is 4.24. The van der Waals surface area contributed by atoms with Crippen LogP contribution in [-0.4, -0.2) is 69.1 Å². The predicted octanol–water partition coefficient (Wildman–Crippen LogP) is 2.53. The second kappa shape index (κ2) is 10.6. The monoisotopic (exact) mass is 472 g/mol. The van der Waals surface area contributed by atoms with Crippen molar-refractivity contribution >= 4 is 17.7 Å². The Balaban J connectivity index is 1.89. The first kappa shape index (κ1) is 25.2. The minimum Gasteiger partial charge on any atom is -0.493 e. The molecular formula is C25H29FN2O6. The van der Waals surface area contributed by atoms with Gasteiger partial charge in [0.2, 0.25) is 17.7 Å². The quantitative estimate of drug-likeness (QED) is 0.494. The van der Waals surface area contributed by atoms with Gasteiger partial charge in [0.25, 0.3) is 0 Å². The van der Waals surface area contributed by atoms with E-state index in [0.717, 1.165) is 10.5 Å². The third-order valence-corrected chi connectivity index (χ3v) is 6.06. The lowest BCUT2D eigenvalue weighted by atomic mass is 9.75. The number of benzene rings is 2. The molecule has 3 rings (SSSR count). The number of carbonyl (C=O) groups excluding carboxylic acids is 3.